The van der Waals surface area contributed by atoms with Crippen molar-refractivity contribution in [3.8, 4) is 0 Å². The fraction of sp³-hybridized carbons (Fsp3) is 0.783. The molecule has 3 atom stereocenters. The van der Waals surface area contributed by atoms with Gasteiger partial charge in [-0.25, -0.2) is 4.79 Å². The van der Waals surface area contributed by atoms with Gasteiger partial charge < -0.3 is 20.7 Å². The minimum absolute atomic E-state index is 0.0468. The Morgan fingerprint density at radius 1 is 1.25 bits per heavy atom. The molecule has 1 fully saturated rings. The normalized spacial score (nSPS) is 31.4. The van der Waals surface area contributed by atoms with E-state index in [1.807, 2.05) is 25.7 Å². The van der Waals surface area contributed by atoms with Gasteiger partial charge in [0.25, 0.3) is 0 Å². The summed E-state index contributed by atoms with van der Waals surface area (Å²) in [6.45, 7) is 12.0. The molecule has 2 heterocycles. The highest BCUT2D eigenvalue weighted by molar-refractivity contribution is 5.68. The van der Waals surface area contributed by atoms with Crippen molar-refractivity contribution < 1.29 is 9.53 Å². The molecule has 0 aromatic heterocycles. The number of likely N-dealkylation sites (tertiary alicyclic amines) is 1. The molecule has 0 aromatic carbocycles. The number of ether oxygens (including phenoxy) is 1. The molecule has 3 unspecified atom stereocenters. The maximum atomic E-state index is 12.3. The maximum Gasteiger partial charge on any atom is 0.410 e. The van der Waals surface area contributed by atoms with E-state index in [4.69, 9.17) is 10.5 Å². The lowest BCUT2D eigenvalue weighted by Gasteiger charge is -2.42. The minimum Gasteiger partial charge on any atom is -0.444 e. The first-order valence-corrected chi connectivity index (χ1v) is 10.9. The molecule has 0 saturated carbocycles. The Balaban J connectivity index is 1.56. The number of nitrogens with one attached hydrogen (secondary N) is 1. The number of amides is 1. The third-order valence-electron chi connectivity index (χ3n) is 6.40. The highest BCUT2D eigenvalue weighted by atomic mass is 16.6. The molecule has 3 rings (SSSR count). The summed E-state index contributed by atoms with van der Waals surface area (Å²) >= 11 is 0. The molecule has 0 aromatic rings. The van der Waals surface area contributed by atoms with Crippen molar-refractivity contribution in [3.05, 3.63) is 23.8 Å². The van der Waals surface area contributed by atoms with Crippen LogP contribution in [0.3, 0.4) is 0 Å². The molecule has 158 valence electrons. The number of hydrogen-bond acceptors (Lipinski definition) is 4. The summed E-state index contributed by atoms with van der Waals surface area (Å²) in [5.74, 6) is 0.533. The molecular formula is C23H39N3O2. The van der Waals surface area contributed by atoms with Gasteiger partial charge in [-0.05, 0) is 64.2 Å². The van der Waals surface area contributed by atoms with Crippen LogP contribution < -0.4 is 11.1 Å². The van der Waals surface area contributed by atoms with E-state index in [1.165, 1.54) is 12.0 Å². The Hall–Kier alpha value is -1.33. The van der Waals surface area contributed by atoms with Gasteiger partial charge in [-0.1, -0.05) is 37.6 Å². The molecule has 0 spiro atoms. The van der Waals surface area contributed by atoms with Crippen LogP contribution in [0.2, 0.25) is 0 Å². The first-order valence-electron chi connectivity index (χ1n) is 10.9. The summed E-state index contributed by atoms with van der Waals surface area (Å²) in [5.41, 5.74) is 7.88. The highest BCUT2D eigenvalue weighted by Crippen LogP contribution is 2.36. The number of allylic oxidation sites excluding steroid dienone is 1. The molecule has 1 saturated heterocycles. The van der Waals surface area contributed by atoms with Crippen molar-refractivity contribution in [2.75, 3.05) is 13.1 Å². The number of piperidine rings is 1. The Kier molecular flexibility index (Phi) is 6.26. The van der Waals surface area contributed by atoms with Gasteiger partial charge in [0.05, 0.1) is 0 Å². The maximum absolute atomic E-state index is 12.3. The monoisotopic (exact) mass is 389 g/mol. The third-order valence-corrected chi connectivity index (χ3v) is 6.40. The van der Waals surface area contributed by atoms with Crippen LogP contribution in [0.4, 0.5) is 4.79 Å². The van der Waals surface area contributed by atoms with Crippen molar-refractivity contribution >= 4 is 6.09 Å². The molecule has 5 nitrogen and oxygen atoms in total. The van der Waals surface area contributed by atoms with Crippen LogP contribution in [0.5, 0.6) is 0 Å². The van der Waals surface area contributed by atoms with Gasteiger partial charge in [-0.2, -0.15) is 0 Å². The van der Waals surface area contributed by atoms with Crippen molar-refractivity contribution in [2.45, 2.75) is 90.4 Å². The molecule has 0 bridgehead atoms. The van der Waals surface area contributed by atoms with Gasteiger partial charge in [0.1, 0.15) is 5.60 Å². The first kappa shape index (κ1) is 21.4. The molecule has 2 aliphatic heterocycles. The van der Waals surface area contributed by atoms with E-state index in [2.05, 4.69) is 37.4 Å². The minimum atomic E-state index is -0.437. The van der Waals surface area contributed by atoms with Gasteiger partial charge in [0.15, 0.2) is 0 Å². The second-order valence-electron chi connectivity index (χ2n) is 10.6. The second-order valence-corrected chi connectivity index (χ2v) is 10.6. The molecule has 28 heavy (non-hydrogen) atoms. The predicted molar refractivity (Wildman–Crippen MR) is 114 cm³/mol. The van der Waals surface area contributed by atoms with E-state index >= 15 is 0 Å². The summed E-state index contributed by atoms with van der Waals surface area (Å²) in [6.07, 6.45) is 12.2. The van der Waals surface area contributed by atoms with E-state index in [0.717, 1.165) is 38.8 Å². The van der Waals surface area contributed by atoms with Crippen LogP contribution in [-0.4, -0.2) is 47.8 Å². The van der Waals surface area contributed by atoms with Gasteiger partial charge in [0, 0.05) is 31.2 Å². The number of nitrogens with zero attached hydrogens (tertiary/aromatic N) is 1. The van der Waals surface area contributed by atoms with Gasteiger partial charge in [-0.3, -0.25) is 0 Å². The lowest BCUT2D eigenvalue weighted by atomic mass is 9.75. The van der Waals surface area contributed by atoms with Crippen LogP contribution in [-0.2, 0) is 4.74 Å². The van der Waals surface area contributed by atoms with E-state index in [1.54, 1.807) is 0 Å². The molecule has 3 aliphatic rings. The zero-order valence-corrected chi connectivity index (χ0v) is 18.3. The molecule has 3 N–H and O–H groups in total. The van der Waals surface area contributed by atoms with Crippen molar-refractivity contribution in [2.24, 2.45) is 17.1 Å². The van der Waals surface area contributed by atoms with Crippen LogP contribution in [0.25, 0.3) is 0 Å². The Morgan fingerprint density at radius 2 is 1.93 bits per heavy atom. The number of carbonyl (C=O) groups is 1. The Bertz CT molecular complexity index is 624. The van der Waals surface area contributed by atoms with Gasteiger partial charge in [0.2, 0.25) is 0 Å². The van der Waals surface area contributed by atoms with Crippen LogP contribution in [0.15, 0.2) is 23.8 Å². The summed E-state index contributed by atoms with van der Waals surface area (Å²) in [7, 11) is 0. The summed E-state index contributed by atoms with van der Waals surface area (Å²) in [4.78, 5) is 14.2. The standard InChI is InChI=1S/C23H39N3O2/c1-22(2,3)28-21(27)26-14-10-16(11-15-26)19-7-6-18(24)20(25-19)17-8-12-23(4,5)13-9-17/h6-8,16,18-20,25H,9-15,24H2,1-5H3. The smallest absolute Gasteiger partial charge is 0.410 e. The predicted octanol–water partition coefficient (Wildman–Crippen LogP) is 3.99. The van der Waals surface area contributed by atoms with Crippen LogP contribution >= 0.6 is 0 Å². The number of hydrogen-bond donors (Lipinski definition) is 2. The average Bonchev–Trinajstić information content (AvgIpc) is 2.61. The van der Waals surface area contributed by atoms with E-state index in [9.17, 15) is 4.79 Å². The zero-order valence-electron chi connectivity index (χ0n) is 18.3. The van der Waals surface area contributed by atoms with Crippen LogP contribution in [0, 0.1) is 11.3 Å². The summed E-state index contributed by atoms with van der Waals surface area (Å²) in [5, 5.41) is 3.84. The fourth-order valence-electron chi connectivity index (χ4n) is 4.52. The number of carbonyl (C=O) groups excluding carboxylic acids is 1. The van der Waals surface area contributed by atoms with Crippen LogP contribution in [0.1, 0.15) is 66.7 Å². The highest BCUT2D eigenvalue weighted by Gasteiger charge is 2.35. The SMILES string of the molecule is CC1(C)CC=C(C2NC(C3CCN(C(=O)OC(C)(C)C)CC3)C=CC2N)CC1. The van der Waals surface area contributed by atoms with Gasteiger partial charge >= 0.3 is 6.09 Å². The molecule has 5 heteroatoms. The van der Waals surface area contributed by atoms with E-state index in [-0.39, 0.29) is 18.2 Å². The lowest BCUT2D eigenvalue weighted by Crippen LogP contribution is -2.56. The third kappa shape index (κ3) is 5.38. The fourth-order valence-corrected chi connectivity index (χ4v) is 4.52. The van der Waals surface area contributed by atoms with Gasteiger partial charge in [-0.15, -0.1) is 0 Å². The van der Waals surface area contributed by atoms with E-state index < -0.39 is 5.60 Å². The summed E-state index contributed by atoms with van der Waals surface area (Å²) in [6, 6.07) is 0.627. The number of rotatable bonds is 2. The molecule has 1 amide bonds. The largest absolute Gasteiger partial charge is 0.444 e. The number of nitrogens with two attached hydrogens (primary N) is 1. The van der Waals surface area contributed by atoms with Crippen molar-refractivity contribution in [1.82, 2.24) is 10.2 Å². The lowest BCUT2D eigenvalue weighted by molar-refractivity contribution is 0.0173. The molecule has 0 radical (unpaired) electrons. The molecular weight excluding hydrogens is 350 g/mol. The molecule has 1 aliphatic carbocycles. The topological polar surface area (TPSA) is 67.6 Å². The summed E-state index contributed by atoms with van der Waals surface area (Å²) < 4.78 is 5.52. The Labute approximate surface area is 170 Å². The second kappa shape index (κ2) is 8.19. The van der Waals surface area contributed by atoms with E-state index in [0.29, 0.717) is 17.4 Å². The van der Waals surface area contributed by atoms with Crippen molar-refractivity contribution in [1.29, 1.82) is 0 Å². The Morgan fingerprint density at radius 3 is 2.50 bits per heavy atom. The quantitative estimate of drug-likeness (QED) is 0.701. The van der Waals surface area contributed by atoms with Crippen molar-refractivity contribution in [3.63, 3.8) is 0 Å². The zero-order chi connectivity index (χ0) is 20.5. The average molecular weight is 390 g/mol. The first-order chi connectivity index (χ1) is 13.0.